The molecule has 25 heavy (non-hydrogen) atoms. The highest BCUT2D eigenvalue weighted by molar-refractivity contribution is 5.87. The molecule has 2 nitrogen and oxygen atoms in total. The van der Waals surface area contributed by atoms with Gasteiger partial charge >= 0.3 is 0 Å². The Labute approximate surface area is 152 Å². The van der Waals surface area contributed by atoms with Crippen molar-refractivity contribution >= 4 is 16.7 Å². The summed E-state index contributed by atoms with van der Waals surface area (Å²) >= 11 is 0. The predicted octanol–water partition coefficient (Wildman–Crippen LogP) is 6.28. The lowest BCUT2D eigenvalue weighted by molar-refractivity contribution is -0.132. The minimum atomic E-state index is 0.0484. The molecule has 0 saturated heterocycles. The van der Waals surface area contributed by atoms with Gasteiger partial charge in [-0.1, -0.05) is 81.1 Å². The maximum atomic E-state index is 12.8. The lowest BCUT2D eigenvalue weighted by Crippen LogP contribution is -2.33. The van der Waals surface area contributed by atoms with Crippen LogP contribution in [0.3, 0.4) is 0 Å². The molecule has 2 heteroatoms. The van der Waals surface area contributed by atoms with E-state index in [4.69, 9.17) is 0 Å². The van der Waals surface area contributed by atoms with Gasteiger partial charge < -0.3 is 4.90 Å². The van der Waals surface area contributed by atoms with E-state index in [1.807, 2.05) is 11.0 Å². The summed E-state index contributed by atoms with van der Waals surface area (Å²) < 4.78 is 0. The molecule has 2 aromatic carbocycles. The first kappa shape index (κ1) is 19.2. The van der Waals surface area contributed by atoms with Gasteiger partial charge in [0.05, 0.1) is 6.04 Å². The summed E-state index contributed by atoms with van der Waals surface area (Å²) in [5.74, 6) is 0.233. The third kappa shape index (κ3) is 5.19. The van der Waals surface area contributed by atoms with Gasteiger partial charge in [-0.2, -0.15) is 0 Å². The van der Waals surface area contributed by atoms with Crippen molar-refractivity contribution in [1.82, 2.24) is 4.90 Å². The van der Waals surface area contributed by atoms with Gasteiger partial charge in [0.2, 0.25) is 5.91 Å². The van der Waals surface area contributed by atoms with E-state index in [0.717, 1.165) is 12.8 Å². The minimum absolute atomic E-state index is 0.0484. The molecular weight excluding hydrogens is 306 g/mol. The molecule has 2 aromatic rings. The molecule has 1 atom stereocenters. The number of amides is 1. The zero-order valence-electron chi connectivity index (χ0n) is 15.7. The Morgan fingerprint density at radius 2 is 1.80 bits per heavy atom. The van der Waals surface area contributed by atoms with Crippen LogP contribution in [0, 0.1) is 0 Å². The van der Waals surface area contributed by atoms with Crippen LogP contribution in [0.1, 0.15) is 64.0 Å². The number of rotatable bonds is 10. The number of fused-ring (bicyclic) bond motifs is 1. The standard InChI is InChI=1S/C23H31NO/c1-4-6-7-8-9-17-23(25)24(18-5-2)19(3)21-16-12-14-20-13-10-11-15-22(20)21/h5,10-16,19H,2,4,6-9,17-18H2,1,3H3/t19-/m0/s1. The number of carbonyl (C=O) groups is 1. The third-order valence-electron chi connectivity index (χ3n) is 4.88. The Balaban J connectivity index is 2.12. The summed E-state index contributed by atoms with van der Waals surface area (Å²) in [6.07, 6.45) is 8.30. The fourth-order valence-electron chi connectivity index (χ4n) is 3.42. The molecule has 0 saturated carbocycles. The predicted molar refractivity (Wildman–Crippen MR) is 108 cm³/mol. The average molecular weight is 338 g/mol. The van der Waals surface area contributed by atoms with E-state index in [0.29, 0.717) is 13.0 Å². The summed E-state index contributed by atoms with van der Waals surface area (Å²) in [4.78, 5) is 14.8. The van der Waals surface area contributed by atoms with Crippen LogP contribution in [0.5, 0.6) is 0 Å². The van der Waals surface area contributed by atoms with Gasteiger partial charge in [-0.25, -0.2) is 0 Å². The summed E-state index contributed by atoms with van der Waals surface area (Å²) in [5, 5.41) is 2.44. The van der Waals surface area contributed by atoms with Crippen LogP contribution < -0.4 is 0 Å². The second-order valence-corrected chi connectivity index (χ2v) is 6.74. The molecule has 0 heterocycles. The summed E-state index contributed by atoms with van der Waals surface area (Å²) in [7, 11) is 0. The smallest absolute Gasteiger partial charge is 0.223 e. The number of hydrogen-bond acceptors (Lipinski definition) is 1. The van der Waals surface area contributed by atoms with E-state index >= 15 is 0 Å². The maximum Gasteiger partial charge on any atom is 0.223 e. The highest BCUT2D eigenvalue weighted by atomic mass is 16.2. The van der Waals surface area contributed by atoms with E-state index in [1.54, 1.807) is 0 Å². The van der Waals surface area contributed by atoms with Crippen LogP contribution in [0.4, 0.5) is 0 Å². The number of benzene rings is 2. The molecule has 1 amide bonds. The van der Waals surface area contributed by atoms with Crippen LogP contribution in [-0.4, -0.2) is 17.4 Å². The van der Waals surface area contributed by atoms with Gasteiger partial charge in [0.1, 0.15) is 0 Å². The van der Waals surface area contributed by atoms with Crippen LogP contribution in [0.25, 0.3) is 10.8 Å². The second-order valence-electron chi connectivity index (χ2n) is 6.74. The van der Waals surface area contributed by atoms with Gasteiger partial charge in [0.15, 0.2) is 0 Å². The van der Waals surface area contributed by atoms with Crippen molar-refractivity contribution in [3.8, 4) is 0 Å². The molecule has 2 rings (SSSR count). The third-order valence-corrected chi connectivity index (χ3v) is 4.88. The van der Waals surface area contributed by atoms with Gasteiger partial charge in [-0.05, 0) is 29.7 Å². The van der Waals surface area contributed by atoms with Crippen molar-refractivity contribution < 1.29 is 4.79 Å². The quantitative estimate of drug-likeness (QED) is 0.369. The fourth-order valence-corrected chi connectivity index (χ4v) is 3.42. The molecule has 0 N–H and O–H groups in total. The molecule has 0 aromatic heterocycles. The van der Waals surface area contributed by atoms with Crippen molar-refractivity contribution in [2.24, 2.45) is 0 Å². The van der Waals surface area contributed by atoms with Crippen LogP contribution >= 0.6 is 0 Å². The Kier molecular flexibility index (Phi) is 7.72. The monoisotopic (exact) mass is 337 g/mol. The van der Waals surface area contributed by atoms with E-state index < -0.39 is 0 Å². The number of carbonyl (C=O) groups excluding carboxylic acids is 1. The number of nitrogens with zero attached hydrogens (tertiary/aromatic N) is 1. The van der Waals surface area contributed by atoms with Gasteiger partial charge in [-0.15, -0.1) is 6.58 Å². The number of hydrogen-bond donors (Lipinski definition) is 0. The Hall–Kier alpha value is -2.09. The highest BCUT2D eigenvalue weighted by Gasteiger charge is 2.21. The van der Waals surface area contributed by atoms with Crippen molar-refractivity contribution in [2.45, 2.75) is 58.4 Å². The van der Waals surface area contributed by atoms with Crippen LogP contribution in [-0.2, 0) is 4.79 Å². The van der Waals surface area contributed by atoms with E-state index in [9.17, 15) is 4.79 Å². The minimum Gasteiger partial charge on any atom is -0.332 e. The SMILES string of the molecule is C=CCN(C(=O)CCCCCCC)[C@@H](C)c1cccc2ccccc12. The largest absolute Gasteiger partial charge is 0.332 e. The zero-order chi connectivity index (χ0) is 18.1. The summed E-state index contributed by atoms with van der Waals surface area (Å²) in [6, 6.07) is 14.8. The van der Waals surface area contributed by atoms with Crippen molar-refractivity contribution in [1.29, 1.82) is 0 Å². The molecule has 0 radical (unpaired) electrons. The van der Waals surface area contributed by atoms with Crippen LogP contribution in [0.15, 0.2) is 55.1 Å². The van der Waals surface area contributed by atoms with Crippen LogP contribution in [0.2, 0.25) is 0 Å². The normalized spacial score (nSPS) is 12.1. The molecule has 0 aliphatic rings. The molecule has 0 spiro atoms. The lowest BCUT2D eigenvalue weighted by Gasteiger charge is -2.29. The first-order valence-corrected chi connectivity index (χ1v) is 9.57. The molecular formula is C23H31NO. The van der Waals surface area contributed by atoms with Gasteiger partial charge in [0.25, 0.3) is 0 Å². The molecule has 0 aliphatic carbocycles. The Morgan fingerprint density at radius 3 is 2.56 bits per heavy atom. The van der Waals surface area contributed by atoms with Crippen molar-refractivity contribution in [3.63, 3.8) is 0 Å². The van der Waals surface area contributed by atoms with E-state index in [1.165, 1.54) is 35.6 Å². The lowest BCUT2D eigenvalue weighted by atomic mass is 9.98. The number of unbranched alkanes of at least 4 members (excludes halogenated alkanes) is 4. The van der Waals surface area contributed by atoms with Crippen molar-refractivity contribution in [3.05, 3.63) is 60.7 Å². The Bertz CT molecular complexity index is 686. The van der Waals surface area contributed by atoms with Gasteiger partial charge in [-0.3, -0.25) is 4.79 Å². The molecule has 0 unspecified atom stereocenters. The Morgan fingerprint density at radius 1 is 1.08 bits per heavy atom. The van der Waals surface area contributed by atoms with E-state index in [-0.39, 0.29) is 11.9 Å². The maximum absolute atomic E-state index is 12.8. The first-order valence-electron chi connectivity index (χ1n) is 9.57. The van der Waals surface area contributed by atoms with E-state index in [2.05, 4.69) is 62.9 Å². The summed E-state index contributed by atoms with van der Waals surface area (Å²) in [5.41, 5.74) is 1.21. The molecule has 0 aliphatic heterocycles. The van der Waals surface area contributed by atoms with Crippen molar-refractivity contribution in [2.75, 3.05) is 6.54 Å². The molecule has 0 bridgehead atoms. The second kappa shape index (κ2) is 10.0. The molecule has 134 valence electrons. The van der Waals surface area contributed by atoms with Gasteiger partial charge in [0, 0.05) is 13.0 Å². The zero-order valence-corrected chi connectivity index (χ0v) is 15.7. The fraction of sp³-hybridized carbons (Fsp3) is 0.435. The summed E-state index contributed by atoms with van der Waals surface area (Å²) in [6.45, 7) is 8.78. The molecule has 0 fully saturated rings. The highest BCUT2D eigenvalue weighted by Crippen LogP contribution is 2.28. The first-order chi connectivity index (χ1) is 12.2. The topological polar surface area (TPSA) is 20.3 Å². The average Bonchev–Trinajstić information content (AvgIpc) is 2.64.